The average molecular weight is 415 g/mol. The van der Waals surface area contributed by atoms with Gasteiger partial charge in [0, 0.05) is 29.9 Å². The van der Waals surface area contributed by atoms with Crippen molar-refractivity contribution in [1.29, 1.82) is 0 Å². The van der Waals surface area contributed by atoms with Crippen LogP contribution in [0.25, 0.3) is 11.3 Å². The molecule has 0 unspecified atom stereocenters. The zero-order chi connectivity index (χ0) is 21.6. The smallest absolute Gasteiger partial charge is 0.321 e. The summed E-state index contributed by atoms with van der Waals surface area (Å²) in [7, 11) is 1.59. The Bertz CT molecular complexity index is 1160. The highest BCUT2D eigenvalue weighted by Gasteiger charge is 2.20. The van der Waals surface area contributed by atoms with Gasteiger partial charge in [0.15, 0.2) is 0 Å². The number of benzene rings is 2. The maximum Gasteiger partial charge on any atom is 0.321 e. The summed E-state index contributed by atoms with van der Waals surface area (Å²) in [6.07, 6.45) is 0. The zero-order valence-electron chi connectivity index (χ0n) is 16.9. The van der Waals surface area contributed by atoms with Crippen molar-refractivity contribution in [3.05, 3.63) is 65.9 Å². The van der Waals surface area contributed by atoms with Crippen LogP contribution in [-0.2, 0) is 0 Å². The van der Waals surface area contributed by atoms with E-state index in [1.54, 1.807) is 18.1 Å². The van der Waals surface area contributed by atoms with E-state index in [9.17, 15) is 9.59 Å². The van der Waals surface area contributed by atoms with Crippen LogP contribution in [0, 0.1) is 11.8 Å². The topological polar surface area (TPSA) is 99.4 Å². The van der Waals surface area contributed by atoms with Crippen molar-refractivity contribution in [1.82, 2.24) is 20.8 Å². The van der Waals surface area contributed by atoms with Gasteiger partial charge in [-0.3, -0.25) is 14.8 Å². The first-order chi connectivity index (χ1) is 15.2. The van der Waals surface area contributed by atoms with Gasteiger partial charge in [-0.1, -0.05) is 24.0 Å². The van der Waals surface area contributed by atoms with Crippen molar-refractivity contribution >= 4 is 17.6 Å². The summed E-state index contributed by atoms with van der Waals surface area (Å²) in [5.74, 6) is 6.32. The van der Waals surface area contributed by atoms with Crippen LogP contribution < -0.4 is 20.3 Å². The van der Waals surface area contributed by atoms with Crippen LogP contribution in [0.4, 0.5) is 10.5 Å². The minimum Gasteiger partial charge on any atom is -0.496 e. The molecule has 2 aromatic carbocycles. The first-order valence-electron chi connectivity index (χ1n) is 9.77. The molecule has 1 fully saturated rings. The summed E-state index contributed by atoms with van der Waals surface area (Å²) in [4.78, 5) is 25.7. The molecule has 3 N–H and O–H groups in total. The Balaban J connectivity index is 1.34. The van der Waals surface area contributed by atoms with Gasteiger partial charge in [0.05, 0.1) is 19.3 Å². The molecular formula is C23H21N5O3. The van der Waals surface area contributed by atoms with E-state index in [2.05, 4.69) is 32.7 Å². The van der Waals surface area contributed by atoms with Gasteiger partial charge in [-0.15, -0.1) is 0 Å². The summed E-state index contributed by atoms with van der Waals surface area (Å²) >= 11 is 0. The fraction of sp³-hybridized carbons (Fsp3) is 0.174. The molecule has 0 aliphatic carbocycles. The molecule has 156 valence electrons. The Labute approximate surface area is 179 Å². The highest BCUT2D eigenvalue weighted by molar-refractivity contribution is 5.94. The molecule has 0 radical (unpaired) electrons. The molecule has 0 atom stereocenters. The molecular weight excluding hydrogens is 394 g/mol. The average Bonchev–Trinajstić information content (AvgIpc) is 3.46. The lowest BCUT2D eigenvalue weighted by Gasteiger charge is -2.13. The summed E-state index contributed by atoms with van der Waals surface area (Å²) < 4.78 is 5.34. The number of hydrogen-bond donors (Lipinski definition) is 3. The van der Waals surface area contributed by atoms with Gasteiger partial charge in [-0.05, 0) is 42.5 Å². The molecule has 8 nitrogen and oxygen atoms in total. The Morgan fingerprint density at radius 2 is 2.03 bits per heavy atom. The SMILES string of the molecule is COc1ccccc1-c1cc(C(=O)NCC#Cc2ccc(N3CCNC3=O)cc2)[nH]n1. The number of carbonyl (C=O) groups excluding carboxylic acids is 2. The van der Waals surface area contributed by atoms with Crippen LogP contribution in [0.2, 0.25) is 0 Å². The Morgan fingerprint density at radius 3 is 2.77 bits per heavy atom. The van der Waals surface area contributed by atoms with Gasteiger partial charge < -0.3 is 15.4 Å². The van der Waals surface area contributed by atoms with Crippen molar-refractivity contribution in [2.45, 2.75) is 0 Å². The van der Waals surface area contributed by atoms with Crippen LogP contribution in [-0.4, -0.2) is 48.9 Å². The minimum atomic E-state index is -0.293. The number of rotatable bonds is 5. The normalized spacial score (nSPS) is 12.7. The van der Waals surface area contributed by atoms with Crippen LogP contribution in [0.3, 0.4) is 0 Å². The van der Waals surface area contributed by atoms with Crippen LogP contribution in [0.5, 0.6) is 5.75 Å². The number of aromatic nitrogens is 2. The maximum atomic E-state index is 12.4. The van der Waals surface area contributed by atoms with E-state index in [0.29, 0.717) is 30.2 Å². The number of H-pyrrole nitrogens is 1. The van der Waals surface area contributed by atoms with Gasteiger partial charge in [0.2, 0.25) is 0 Å². The second kappa shape index (κ2) is 9.05. The first kappa shape index (κ1) is 20.0. The minimum absolute atomic E-state index is 0.0887. The highest BCUT2D eigenvalue weighted by atomic mass is 16.5. The lowest BCUT2D eigenvalue weighted by Crippen LogP contribution is -2.27. The third kappa shape index (κ3) is 4.51. The fourth-order valence-electron chi connectivity index (χ4n) is 3.24. The number of amides is 3. The lowest BCUT2D eigenvalue weighted by molar-refractivity contribution is 0.0953. The Kier molecular flexibility index (Phi) is 5.85. The summed E-state index contributed by atoms with van der Waals surface area (Å²) in [5, 5.41) is 12.5. The van der Waals surface area contributed by atoms with Crippen LogP contribution >= 0.6 is 0 Å². The molecule has 0 bridgehead atoms. The molecule has 1 aliphatic heterocycles. The van der Waals surface area contributed by atoms with E-state index in [1.165, 1.54) is 0 Å². The molecule has 1 aliphatic rings. The molecule has 4 rings (SSSR count). The van der Waals surface area contributed by atoms with E-state index in [-0.39, 0.29) is 18.5 Å². The number of nitrogens with zero attached hydrogens (tertiary/aromatic N) is 2. The second-order valence-electron chi connectivity index (χ2n) is 6.78. The molecule has 31 heavy (non-hydrogen) atoms. The highest BCUT2D eigenvalue weighted by Crippen LogP contribution is 2.28. The number of carbonyl (C=O) groups is 2. The van der Waals surface area contributed by atoms with Gasteiger partial charge in [-0.25, -0.2) is 4.79 Å². The quantitative estimate of drug-likeness (QED) is 0.557. The van der Waals surface area contributed by atoms with E-state index in [4.69, 9.17) is 4.74 Å². The first-order valence-corrected chi connectivity index (χ1v) is 9.77. The number of ether oxygens (including phenoxy) is 1. The molecule has 1 saturated heterocycles. The van der Waals surface area contributed by atoms with Gasteiger partial charge in [-0.2, -0.15) is 5.10 Å². The standard InChI is InChI=1S/C23H21N5O3/c1-31-21-7-3-2-6-18(21)19-15-20(27-26-19)22(29)24-12-4-5-16-8-10-17(11-9-16)28-14-13-25-23(28)30/h2-3,6-11,15H,12-14H2,1H3,(H,24,29)(H,25,30)(H,26,27). The second-order valence-corrected chi connectivity index (χ2v) is 6.78. The van der Waals surface area contributed by atoms with Crippen molar-refractivity contribution in [3.8, 4) is 28.8 Å². The lowest BCUT2D eigenvalue weighted by atomic mass is 10.1. The number of hydrogen-bond acceptors (Lipinski definition) is 4. The van der Waals surface area contributed by atoms with Crippen molar-refractivity contribution < 1.29 is 14.3 Å². The molecule has 0 saturated carbocycles. The summed E-state index contributed by atoms with van der Waals surface area (Å²) in [6, 6.07) is 16.5. The van der Waals surface area contributed by atoms with Crippen LogP contribution in [0.15, 0.2) is 54.6 Å². The predicted octanol–water partition coefficient (Wildman–Crippen LogP) is 2.40. The number of urea groups is 1. The molecule has 1 aromatic heterocycles. The number of nitrogens with one attached hydrogen (secondary N) is 3. The third-order valence-electron chi connectivity index (χ3n) is 4.81. The maximum absolute atomic E-state index is 12.4. The number of methoxy groups -OCH3 is 1. The van der Waals surface area contributed by atoms with Crippen molar-refractivity contribution in [2.24, 2.45) is 0 Å². The van der Waals surface area contributed by atoms with E-state index in [0.717, 1.165) is 16.8 Å². The third-order valence-corrected chi connectivity index (χ3v) is 4.81. The number of aromatic amines is 1. The van der Waals surface area contributed by atoms with E-state index < -0.39 is 0 Å². The van der Waals surface area contributed by atoms with Crippen molar-refractivity contribution in [2.75, 3.05) is 31.6 Å². The largest absolute Gasteiger partial charge is 0.496 e. The molecule has 3 amide bonds. The molecule has 0 spiro atoms. The van der Waals surface area contributed by atoms with E-state index >= 15 is 0 Å². The van der Waals surface area contributed by atoms with Gasteiger partial charge >= 0.3 is 6.03 Å². The van der Waals surface area contributed by atoms with Gasteiger partial charge in [0.1, 0.15) is 11.4 Å². The molecule has 2 heterocycles. The summed E-state index contributed by atoms with van der Waals surface area (Å²) in [6.45, 7) is 1.50. The number of anilines is 1. The van der Waals surface area contributed by atoms with Crippen molar-refractivity contribution in [3.63, 3.8) is 0 Å². The monoisotopic (exact) mass is 415 g/mol. The molecule has 3 aromatic rings. The Morgan fingerprint density at radius 1 is 1.23 bits per heavy atom. The van der Waals surface area contributed by atoms with E-state index in [1.807, 2.05) is 48.5 Å². The predicted molar refractivity (Wildman–Crippen MR) is 117 cm³/mol. The number of para-hydroxylation sites is 1. The summed E-state index contributed by atoms with van der Waals surface area (Å²) in [5.41, 5.74) is 3.41. The van der Waals surface area contributed by atoms with Gasteiger partial charge in [0.25, 0.3) is 5.91 Å². The fourth-order valence-corrected chi connectivity index (χ4v) is 3.24. The van der Waals surface area contributed by atoms with Crippen LogP contribution in [0.1, 0.15) is 16.1 Å². The molecule has 8 heteroatoms. The Hall–Kier alpha value is -4.25. The zero-order valence-corrected chi connectivity index (χ0v) is 16.9.